The second kappa shape index (κ2) is 5.83. The number of piperazine rings is 1. The van der Waals surface area contributed by atoms with Crippen molar-refractivity contribution >= 4 is 28.8 Å². The number of amides is 2. The van der Waals surface area contributed by atoms with Crippen LogP contribution in [0.1, 0.15) is 16.6 Å². The molecule has 1 aromatic heterocycles. The first-order chi connectivity index (χ1) is 11.6. The normalized spacial score (nSPS) is 19.7. The van der Waals surface area contributed by atoms with Gasteiger partial charge in [-0.3, -0.25) is 9.59 Å². The molecule has 1 fully saturated rings. The van der Waals surface area contributed by atoms with E-state index in [1.165, 1.54) is 11.3 Å². The van der Waals surface area contributed by atoms with E-state index in [0.29, 0.717) is 29.5 Å². The van der Waals surface area contributed by atoms with Crippen LogP contribution in [-0.2, 0) is 4.79 Å². The first-order valence-electron chi connectivity index (χ1n) is 7.70. The van der Waals surface area contributed by atoms with Crippen molar-refractivity contribution in [3.63, 3.8) is 0 Å². The van der Waals surface area contributed by atoms with Crippen molar-refractivity contribution in [2.75, 3.05) is 24.8 Å². The third kappa shape index (κ3) is 2.41. The van der Waals surface area contributed by atoms with E-state index in [-0.39, 0.29) is 18.6 Å². The summed E-state index contributed by atoms with van der Waals surface area (Å²) in [6.45, 7) is 2.93. The Morgan fingerprint density at radius 1 is 1.21 bits per heavy atom. The average molecular weight is 344 g/mol. The summed E-state index contributed by atoms with van der Waals surface area (Å²) in [6, 6.07) is 8.58. The fourth-order valence-electron chi connectivity index (χ4n) is 3.00. The summed E-state index contributed by atoms with van der Waals surface area (Å²) in [5.74, 6) is 1.15. The van der Waals surface area contributed by atoms with Gasteiger partial charge < -0.3 is 19.3 Å². The molecule has 3 heterocycles. The number of ether oxygens (including phenoxy) is 2. The van der Waals surface area contributed by atoms with Gasteiger partial charge in [-0.2, -0.15) is 0 Å². The molecule has 24 heavy (non-hydrogen) atoms. The zero-order valence-corrected chi connectivity index (χ0v) is 13.9. The number of hydrogen-bond acceptors (Lipinski definition) is 5. The molecule has 2 amide bonds. The van der Waals surface area contributed by atoms with Crippen LogP contribution in [0, 0.1) is 0 Å². The van der Waals surface area contributed by atoms with Crippen LogP contribution in [0.3, 0.4) is 0 Å². The molecular weight excluding hydrogens is 328 g/mol. The molecule has 2 aliphatic rings. The van der Waals surface area contributed by atoms with E-state index in [9.17, 15) is 9.59 Å². The van der Waals surface area contributed by atoms with Gasteiger partial charge in [0.05, 0.1) is 4.88 Å². The van der Waals surface area contributed by atoms with Crippen molar-refractivity contribution < 1.29 is 19.1 Å². The van der Waals surface area contributed by atoms with Gasteiger partial charge >= 0.3 is 0 Å². The van der Waals surface area contributed by atoms with Crippen molar-refractivity contribution in [3.8, 4) is 11.5 Å². The van der Waals surface area contributed by atoms with E-state index >= 15 is 0 Å². The lowest BCUT2D eigenvalue weighted by Gasteiger charge is -2.39. The average Bonchev–Trinajstić information content (AvgIpc) is 3.27. The smallest absolute Gasteiger partial charge is 0.264 e. The Bertz CT molecular complexity index is 790. The van der Waals surface area contributed by atoms with Gasteiger partial charge in [-0.25, -0.2) is 0 Å². The molecule has 0 bridgehead atoms. The lowest BCUT2D eigenvalue weighted by molar-refractivity contribution is -0.124. The maximum Gasteiger partial charge on any atom is 0.264 e. The molecule has 0 spiro atoms. The predicted octanol–water partition coefficient (Wildman–Crippen LogP) is 2.35. The number of carbonyl (C=O) groups is 2. The lowest BCUT2D eigenvalue weighted by atomic mass is 10.1. The van der Waals surface area contributed by atoms with Crippen LogP contribution in [0.15, 0.2) is 35.7 Å². The number of nitrogens with zero attached hydrogens (tertiary/aromatic N) is 2. The van der Waals surface area contributed by atoms with E-state index in [2.05, 4.69) is 0 Å². The van der Waals surface area contributed by atoms with E-state index in [1.807, 2.05) is 23.6 Å². The Labute approximate surface area is 143 Å². The molecule has 7 heteroatoms. The molecule has 2 aliphatic heterocycles. The number of hydrogen-bond donors (Lipinski definition) is 0. The van der Waals surface area contributed by atoms with Crippen LogP contribution in [0.25, 0.3) is 0 Å². The first kappa shape index (κ1) is 15.0. The van der Waals surface area contributed by atoms with Crippen LogP contribution in [0.4, 0.5) is 5.69 Å². The van der Waals surface area contributed by atoms with Crippen molar-refractivity contribution in [2.45, 2.75) is 13.0 Å². The minimum atomic E-state index is -0.501. The minimum Gasteiger partial charge on any atom is -0.454 e. The van der Waals surface area contributed by atoms with E-state index in [0.717, 1.165) is 5.69 Å². The zero-order chi connectivity index (χ0) is 16.7. The molecule has 6 nitrogen and oxygen atoms in total. The summed E-state index contributed by atoms with van der Waals surface area (Å²) in [7, 11) is 0. The quantitative estimate of drug-likeness (QED) is 0.839. The molecule has 2 aromatic rings. The molecule has 0 N–H and O–H groups in total. The number of fused-ring (bicyclic) bond motifs is 1. The maximum absolute atomic E-state index is 12.8. The Morgan fingerprint density at radius 3 is 2.83 bits per heavy atom. The highest BCUT2D eigenvalue weighted by molar-refractivity contribution is 7.12. The molecule has 1 saturated heterocycles. The standard InChI is InChI=1S/C17H16N2O4S/c1-11-16(20)19(12-4-5-13-14(9-12)23-10-22-13)7-6-18(11)17(21)15-3-2-8-24-15/h2-5,8-9,11H,6-7,10H2,1H3. The van der Waals surface area contributed by atoms with Crippen molar-refractivity contribution in [3.05, 3.63) is 40.6 Å². The summed E-state index contributed by atoms with van der Waals surface area (Å²) in [5, 5.41) is 1.86. The lowest BCUT2D eigenvalue weighted by Crippen LogP contribution is -2.57. The Morgan fingerprint density at radius 2 is 2.04 bits per heavy atom. The monoisotopic (exact) mass is 344 g/mol. The number of carbonyl (C=O) groups excluding carboxylic acids is 2. The van der Waals surface area contributed by atoms with Gasteiger partial charge in [0.15, 0.2) is 11.5 Å². The number of anilines is 1. The van der Waals surface area contributed by atoms with Gasteiger partial charge in [0.25, 0.3) is 5.91 Å². The molecule has 0 radical (unpaired) electrons. The summed E-state index contributed by atoms with van der Waals surface area (Å²) < 4.78 is 10.7. The van der Waals surface area contributed by atoms with E-state index in [4.69, 9.17) is 9.47 Å². The van der Waals surface area contributed by atoms with Crippen molar-refractivity contribution in [1.82, 2.24) is 4.90 Å². The second-order valence-electron chi connectivity index (χ2n) is 5.68. The fourth-order valence-corrected chi connectivity index (χ4v) is 3.68. The van der Waals surface area contributed by atoms with Crippen molar-refractivity contribution in [2.24, 2.45) is 0 Å². The largest absolute Gasteiger partial charge is 0.454 e. The summed E-state index contributed by atoms with van der Waals surface area (Å²) in [4.78, 5) is 29.3. The van der Waals surface area contributed by atoms with Crippen LogP contribution in [0.5, 0.6) is 11.5 Å². The molecule has 1 unspecified atom stereocenters. The van der Waals surface area contributed by atoms with Gasteiger partial charge in [-0.15, -0.1) is 11.3 Å². The zero-order valence-electron chi connectivity index (χ0n) is 13.1. The SMILES string of the molecule is CC1C(=O)N(c2ccc3c(c2)OCO3)CCN1C(=O)c1cccs1. The molecule has 0 aliphatic carbocycles. The second-order valence-corrected chi connectivity index (χ2v) is 6.63. The highest BCUT2D eigenvalue weighted by atomic mass is 32.1. The van der Waals surface area contributed by atoms with Gasteiger partial charge in [0, 0.05) is 24.8 Å². The predicted molar refractivity (Wildman–Crippen MR) is 89.7 cm³/mol. The number of benzene rings is 1. The molecule has 4 rings (SSSR count). The maximum atomic E-state index is 12.8. The molecular formula is C17H16N2O4S. The molecule has 1 atom stereocenters. The van der Waals surface area contributed by atoms with Gasteiger partial charge in [0.2, 0.25) is 12.7 Å². The molecule has 0 saturated carbocycles. The van der Waals surface area contributed by atoms with E-state index < -0.39 is 6.04 Å². The van der Waals surface area contributed by atoms with Crippen LogP contribution in [0.2, 0.25) is 0 Å². The van der Waals surface area contributed by atoms with Crippen LogP contribution >= 0.6 is 11.3 Å². The summed E-state index contributed by atoms with van der Waals surface area (Å²) in [6.07, 6.45) is 0. The van der Waals surface area contributed by atoms with Crippen molar-refractivity contribution in [1.29, 1.82) is 0 Å². The fraction of sp³-hybridized carbons (Fsp3) is 0.294. The number of rotatable bonds is 2. The molecule has 1 aromatic carbocycles. The van der Waals surface area contributed by atoms with Gasteiger partial charge in [0.1, 0.15) is 6.04 Å². The Kier molecular flexibility index (Phi) is 3.65. The topological polar surface area (TPSA) is 59.1 Å². The number of thiophene rings is 1. The molecule has 124 valence electrons. The highest BCUT2D eigenvalue weighted by Crippen LogP contribution is 2.36. The van der Waals surface area contributed by atoms with Crippen LogP contribution < -0.4 is 14.4 Å². The van der Waals surface area contributed by atoms with E-state index in [1.54, 1.807) is 28.9 Å². The van der Waals surface area contributed by atoms with Gasteiger partial charge in [-0.1, -0.05) is 6.07 Å². The van der Waals surface area contributed by atoms with Gasteiger partial charge in [-0.05, 0) is 30.5 Å². The summed E-state index contributed by atoms with van der Waals surface area (Å²) >= 11 is 1.39. The third-order valence-electron chi connectivity index (χ3n) is 4.32. The first-order valence-corrected chi connectivity index (χ1v) is 8.58. The Balaban J connectivity index is 1.55. The Hall–Kier alpha value is -2.54. The summed E-state index contributed by atoms with van der Waals surface area (Å²) in [5.41, 5.74) is 0.763. The third-order valence-corrected chi connectivity index (χ3v) is 5.17. The van der Waals surface area contributed by atoms with Crippen LogP contribution in [-0.4, -0.2) is 42.6 Å². The minimum absolute atomic E-state index is 0.0869. The highest BCUT2D eigenvalue weighted by Gasteiger charge is 2.36.